The van der Waals surface area contributed by atoms with Gasteiger partial charge < -0.3 is 5.11 Å². The molecule has 3 rings (SSSR count). The number of benzene rings is 1. The number of fused-ring (bicyclic) bond motifs is 1. The van der Waals surface area contributed by atoms with E-state index in [0.717, 1.165) is 12.0 Å². The van der Waals surface area contributed by atoms with Crippen LogP contribution in [0.3, 0.4) is 0 Å². The number of carbonyl (C=O) groups is 1. The SMILES string of the molecule is CCc1ccc(-c2nc3cc(C(=O)O)ccn3c2N=O)cc1. The van der Waals surface area contributed by atoms with Crippen molar-refractivity contribution in [2.24, 2.45) is 5.18 Å². The minimum atomic E-state index is -1.04. The second-order valence-electron chi connectivity index (χ2n) is 4.87. The summed E-state index contributed by atoms with van der Waals surface area (Å²) in [5, 5.41) is 12.1. The third kappa shape index (κ3) is 2.24. The second kappa shape index (κ2) is 5.40. The van der Waals surface area contributed by atoms with Crippen LogP contribution in [0.2, 0.25) is 0 Å². The Bertz CT molecular complexity index is 866. The molecule has 2 heterocycles. The number of nitroso groups, excluding NO2 is 1. The van der Waals surface area contributed by atoms with E-state index in [1.54, 1.807) is 0 Å². The first-order valence-corrected chi connectivity index (χ1v) is 6.82. The predicted molar refractivity (Wildman–Crippen MR) is 82.4 cm³/mol. The van der Waals surface area contributed by atoms with Gasteiger partial charge in [-0.15, -0.1) is 4.91 Å². The van der Waals surface area contributed by atoms with Crippen molar-refractivity contribution in [1.29, 1.82) is 0 Å². The number of imidazole rings is 1. The van der Waals surface area contributed by atoms with E-state index in [1.165, 1.54) is 28.3 Å². The monoisotopic (exact) mass is 295 g/mol. The standard InChI is InChI=1S/C16H13N3O3/c1-2-10-3-5-11(6-4-10)14-15(18-22)19-8-7-12(16(20)21)9-13(19)17-14/h3-9H,2H2,1H3,(H,20,21). The summed E-state index contributed by atoms with van der Waals surface area (Å²) in [6.07, 6.45) is 2.42. The molecule has 0 amide bonds. The number of aryl methyl sites for hydroxylation is 1. The molecule has 110 valence electrons. The smallest absolute Gasteiger partial charge is 0.335 e. The van der Waals surface area contributed by atoms with Crippen molar-refractivity contribution in [2.75, 3.05) is 0 Å². The van der Waals surface area contributed by atoms with Crippen molar-refractivity contribution < 1.29 is 9.90 Å². The average Bonchev–Trinajstić information content (AvgIpc) is 2.92. The number of aromatic carboxylic acids is 1. The van der Waals surface area contributed by atoms with Crippen LogP contribution < -0.4 is 0 Å². The minimum absolute atomic E-state index is 0.114. The molecule has 0 unspecified atom stereocenters. The molecule has 0 radical (unpaired) electrons. The number of aromatic nitrogens is 2. The van der Waals surface area contributed by atoms with Crippen LogP contribution >= 0.6 is 0 Å². The van der Waals surface area contributed by atoms with Crippen molar-refractivity contribution in [1.82, 2.24) is 9.38 Å². The normalized spacial score (nSPS) is 10.8. The van der Waals surface area contributed by atoms with E-state index in [2.05, 4.69) is 17.1 Å². The third-order valence-corrected chi connectivity index (χ3v) is 3.57. The van der Waals surface area contributed by atoms with Gasteiger partial charge in [0.15, 0.2) is 0 Å². The highest BCUT2D eigenvalue weighted by molar-refractivity contribution is 5.89. The molecule has 0 fully saturated rings. The highest BCUT2D eigenvalue weighted by Crippen LogP contribution is 2.31. The summed E-state index contributed by atoms with van der Waals surface area (Å²) in [7, 11) is 0. The first kappa shape index (κ1) is 13.9. The van der Waals surface area contributed by atoms with Gasteiger partial charge in [0.2, 0.25) is 5.82 Å². The van der Waals surface area contributed by atoms with Gasteiger partial charge in [0.05, 0.1) is 5.56 Å². The number of carboxylic acids is 1. The lowest BCUT2D eigenvalue weighted by Crippen LogP contribution is -1.97. The first-order valence-electron chi connectivity index (χ1n) is 6.82. The van der Waals surface area contributed by atoms with E-state index >= 15 is 0 Å². The lowest BCUT2D eigenvalue weighted by molar-refractivity contribution is 0.0697. The van der Waals surface area contributed by atoms with Gasteiger partial charge in [-0.25, -0.2) is 9.78 Å². The Hall–Kier alpha value is -3.02. The van der Waals surface area contributed by atoms with Gasteiger partial charge in [0, 0.05) is 11.8 Å². The Balaban J connectivity index is 2.19. The Morgan fingerprint density at radius 2 is 2.00 bits per heavy atom. The number of hydrogen-bond donors (Lipinski definition) is 1. The molecule has 2 aromatic heterocycles. The molecular weight excluding hydrogens is 282 g/mol. The zero-order valence-electron chi connectivity index (χ0n) is 11.9. The molecule has 22 heavy (non-hydrogen) atoms. The van der Waals surface area contributed by atoms with E-state index < -0.39 is 5.97 Å². The van der Waals surface area contributed by atoms with Gasteiger partial charge in [-0.2, -0.15) is 0 Å². The maximum atomic E-state index is 11.2. The topological polar surface area (TPSA) is 84.0 Å². The summed E-state index contributed by atoms with van der Waals surface area (Å²) in [5.41, 5.74) is 2.89. The molecule has 0 bridgehead atoms. The number of carboxylic acid groups (broad SMARTS) is 1. The van der Waals surface area contributed by atoms with Gasteiger partial charge in [0.1, 0.15) is 11.3 Å². The Morgan fingerprint density at radius 1 is 1.27 bits per heavy atom. The van der Waals surface area contributed by atoms with Crippen LogP contribution in [0.1, 0.15) is 22.8 Å². The van der Waals surface area contributed by atoms with Crippen LogP contribution in [0.15, 0.2) is 47.8 Å². The van der Waals surface area contributed by atoms with Crippen molar-refractivity contribution >= 4 is 17.4 Å². The van der Waals surface area contributed by atoms with Crippen LogP contribution in [0, 0.1) is 4.91 Å². The molecule has 0 aliphatic heterocycles. The molecule has 1 aromatic carbocycles. The summed E-state index contributed by atoms with van der Waals surface area (Å²) >= 11 is 0. The third-order valence-electron chi connectivity index (χ3n) is 3.57. The number of hydrogen-bond acceptors (Lipinski definition) is 4. The fourth-order valence-electron chi connectivity index (χ4n) is 2.34. The zero-order chi connectivity index (χ0) is 15.7. The summed E-state index contributed by atoms with van der Waals surface area (Å²) in [4.78, 5) is 26.6. The van der Waals surface area contributed by atoms with E-state index in [1.807, 2.05) is 24.3 Å². The highest BCUT2D eigenvalue weighted by atomic mass is 16.4. The molecular formula is C16H13N3O3. The molecule has 0 spiro atoms. The van der Waals surface area contributed by atoms with Crippen molar-refractivity contribution in [3.63, 3.8) is 0 Å². The van der Waals surface area contributed by atoms with Crippen LogP contribution in [0.5, 0.6) is 0 Å². The number of pyridine rings is 1. The molecule has 6 heteroatoms. The summed E-state index contributed by atoms with van der Waals surface area (Å²) in [6.45, 7) is 2.06. The number of nitrogens with zero attached hydrogens (tertiary/aromatic N) is 3. The zero-order valence-corrected chi connectivity index (χ0v) is 11.9. The van der Waals surface area contributed by atoms with E-state index in [4.69, 9.17) is 5.11 Å². The van der Waals surface area contributed by atoms with Crippen LogP contribution in [-0.4, -0.2) is 20.5 Å². The molecule has 0 aliphatic rings. The van der Waals surface area contributed by atoms with Gasteiger partial charge >= 0.3 is 5.97 Å². The van der Waals surface area contributed by atoms with Gasteiger partial charge in [-0.05, 0) is 29.3 Å². The van der Waals surface area contributed by atoms with Crippen LogP contribution in [-0.2, 0) is 6.42 Å². The molecule has 0 atom stereocenters. The lowest BCUT2D eigenvalue weighted by Gasteiger charge is -2.00. The maximum Gasteiger partial charge on any atom is 0.335 e. The maximum absolute atomic E-state index is 11.2. The molecule has 0 aliphatic carbocycles. The molecule has 0 saturated heterocycles. The van der Waals surface area contributed by atoms with Crippen LogP contribution in [0.4, 0.5) is 5.82 Å². The summed E-state index contributed by atoms with van der Waals surface area (Å²) in [5.74, 6) is -0.879. The fraction of sp³-hybridized carbons (Fsp3) is 0.125. The molecule has 3 aromatic rings. The molecule has 1 N–H and O–H groups in total. The molecule has 6 nitrogen and oxygen atoms in total. The Labute approximate surface area is 126 Å². The van der Waals surface area contributed by atoms with Gasteiger partial charge in [-0.1, -0.05) is 31.2 Å². The van der Waals surface area contributed by atoms with E-state index in [9.17, 15) is 9.70 Å². The van der Waals surface area contributed by atoms with Crippen molar-refractivity contribution in [3.05, 3.63) is 58.6 Å². The molecule has 0 saturated carbocycles. The van der Waals surface area contributed by atoms with Crippen LogP contribution in [0.25, 0.3) is 16.9 Å². The minimum Gasteiger partial charge on any atom is -0.478 e. The Kier molecular flexibility index (Phi) is 3.42. The second-order valence-corrected chi connectivity index (χ2v) is 4.87. The number of rotatable bonds is 4. The van der Waals surface area contributed by atoms with Gasteiger partial charge in [-0.3, -0.25) is 4.40 Å². The summed E-state index contributed by atoms with van der Waals surface area (Å²) < 4.78 is 1.49. The Morgan fingerprint density at radius 3 is 2.59 bits per heavy atom. The predicted octanol–water partition coefficient (Wildman–Crippen LogP) is 3.66. The summed E-state index contributed by atoms with van der Waals surface area (Å²) in [6, 6.07) is 10.5. The van der Waals surface area contributed by atoms with E-state index in [-0.39, 0.29) is 11.4 Å². The van der Waals surface area contributed by atoms with Crippen molar-refractivity contribution in [3.8, 4) is 11.3 Å². The quantitative estimate of drug-likeness (QED) is 0.744. The van der Waals surface area contributed by atoms with Gasteiger partial charge in [0.25, 0.3) is 0 Å². The fourth-order valence-corrected chi connectivity index (χ4v) is 2.34. The van der Waals surface area contributed by atoms with E-state index in [0.29, 0.717) is 11.3 Å². The van der Waals surface area contributed by atoms with Crippen molar-refractivity contribution in [2.45, 2.75) is 13.3 Å². The average molecular weight is 295 g/mol. The first-order chi connectivity index (χ1) is 10.6. The largest absolute Gasteiger partial charge is 0.478 e. The highest BCUT2D eigenvalue weighted by Gasteiger charge is 2.16. The lowest BCUT2D eigenvalue weighted by atomic mass is 10.1.